The number of fused-ring (bicyclic) bond motifs is 2. The lowest BCUT2D eigenvalue weighted by Gasteiger charge is -2.11. The molecule has 112 valence electrons. The van der Waals surface area contributed by atoms with Gasteiger partial charge in [-0.1, -0.05) is 54.6 Å². The molecule has 0 atom stereocenters. The maximum atomic E-state index is 4.57. The van der Waals surface area contributed by atoms with Crippen LogP contribution in [0.25, 0.3) is 21.7 Å². The fourth-order valence-electron chi connectivity index (χ4n) is 2.95. The zero-order valence-electron chi connectivity index (χ0n) is 13.0. The summed E-state index contributed by atoms with van der Waals surface area (Å²) in [7, 11) is 0. The van der Waals surface area contributed by atoms with Gasteiger partial charge in [0.25, 0.3) is 0 Å². The molecule has 0 aliphatic rings. The van der Waals surface area contributed by atoms with Crippen molar-refractivity contribution in [2.45, 2.75) is 13.5 Å². The van der Waals surface area contributed by atoms with Gasteiger partial charge in [0, 0.05) is 11.9 Å². The molecule has 0 aliphatic heterocycles. The minimum absolute atomic E-state index is 0.738. The number of rotatable bonds is 3. The van der Waals surface area contributed by atoms with E-state index in [0.717, 1.165) is 29.1 Å². The topological polar surface area (TPSA) is 37.8 Å². The Kier molecular flexibility index (Phi) is 3.39. The van der Waals surface area contributed by atoms with Gasteiger partial charge >= 0.3 is 0 Å². The normalized spacial score (nSPS) is 11.0. The van der Waals surface area contributed by atoms with E-state index in [1.165, 1.54) is 16.3 Å². The molecule has 3 nitrogen and oxygen atoms in total. The van der Waals surface area contributed by atoms with Crippen molar-refractivity contribution < 1.29 is 0 Å². The molecule has 4 rings (SSSR count). The third-order valence-corrected chi connectivity index (χ3v) is 4.04. The molecule has 0 amide bonds. The standard InChI is InChI=1S/C20H17N3/c1-14-22-19-12-5-4-11-18(19)20(23-14)21-13-16-9-6-8-15-7-2-3-10-17(15)16/h2-12H,13H2,1H3,(H,21,22,23). The van der Waals surface area contributed by atoms with E-state index in [4.69, 9.17) is 0 Å². The molecule has 0 bridgehead atoms. The predicted octanol–water partition coefficient (Wildman–Crippen LogP) is 4.70. The van der Waals surface area contributed by atoms with Gasteiger partial charge in [-0.2, -0.15) is 0 Å². The summed E-state index contributed by atoms with van der Waals surface area (Å²) < 4.78 is 0. The summed E-state index contributed by atoms with van der Waals surface area (Å²) in [5, 5.41) is 7.08. The quantitative estimate of drug-likeness (QED) is 0.595. The van der Waals surface area contributed by atoms with Crippen molar-refractivity contribution in [3.63, 3.8) is 0 Å². The van der Waals surface area contributed by atoms with Crippen LogP contribution in [-0.4, -0.2) is 9.97 Å². The summed E-state index contributed by atoms with van der Waals surface area (Å²) in [4.78, 5) is 9.06. The number of aromatic nitrogens is 2. The number of nitrogens with one attached hydrogen (secondary N) is 1. The highest BCUT2D eigenvalue weighted by atomic mass is 15.0. The molecule has 1 heterocycles. The zero-order valence-corrected chi connectivity index (χ0v) is 13.0. The number of benzene rings is 3. The van der Waals surface area contributed by atoms with Crippen LogP contribution in [0.4, 0.5) is 5.82 Å². The van der Waals surface area contributed by atoms with Gasteiger partial charge in [-0.15, -0.1) is 0 Å². The Morgan fingerprint density at radius 3 is 2.43 bits per heavy atom. The SMILES string of the molecule is Cc1nc(NCc2cccc3ccccc23)c2ccccc2n1. The van der Waals surface area contributed by atoms with Gasteiger partial charge < -0.3 is 5.32 Å². The maximum Gasteiger partial charge on any atom is 0.137 e. The molecular weight excluding hydrogens is 282 g/mol. The van der Waals surface area contributed by atoms with Crippen LogP contribution >= 0.6 is 0 Å². The van der Waals surface area contributed by atoms with Crippen LogP contribution in [-0.2, 0) is 6.54 Å². The summed E-state index contributed by atoms with van der Waals surface area (Å²) >= 11 is 0. The van der Waals surface area contributed by atoms with Crippen LogP contribution in [0.1, 0.15) is 11.4 Å². The lowest BCUT2D eigenvalue weighted by Crippen LogP contribution is -2.04. The molecular formula is C20H17N3. The monoisotopic (exact) mass is 299 g/mol. The number of para-hydroxylation sites is 1. The van der Waals surface area contributed by atoms with E-state index in [1.807, 2.05) is 25.1 Å². The fourth-order valence-corrected chi connectivity index (χ4v) is 2.95. The average molecular weight is 299 g/mol. The van der Waals surface area contributed by atoms with Crippen molar-refractivity contribution in [1.29, 1.82) is 0 Å². The third kappa shape index (κ3) is 2.61. The van der Waals surface area contributed by atoms with Crippen LogP contribution in [0, 0.1) is 6.92 Å². The average Bonchev–Trinajstić information content (AvgIpc) is 2.59. The van der Waals surface area contributed by atoms with Crippen molar-refractivity contribution in [2.24, 2.45) is 0 Å². The predicted molar refractivity (Wildman–Crippen MR) is 95.5 cm³/mol. The third-order valence-electron chi connectivity index (χ3n) is 4.04. The lowest BCUT2D eigenvalue weighted by molar-refractivity contribution is 1.06. The molecule has 0 radical (unpaired) electrons. The van der Waals surface area contributed by atoms with Gasteiger partial charge in [0.15, 0.2) is 0 Å². The first-order valence-electron chi connectivity index (χ1n) is 7.75. The van der Waals surface area contributed by atoms with Gasteiger partial charge in [0.2, 0.25) is 0 Å². The Hall–Kier alpha value is -2.94. The fraction of sp³-hybridized carbons (Fsp3) is 0.100. The van der Waals surface area contributed by atoms with Crippen molar-refractivity contribution in [1.82, 2.24) is 9.97 Å². The molecule has 0 fully saturated rings. The molecule has 1 aromatic heterocycles. The largest absolute Gasteiger partial charge is 0.365 e. The van der Waals surface area contributed by atoms with Gasteiger partial charge in [-0.25, -0.2) is 9.97 Å². The molecule has 1 N–H and O–H groups in total. The molecule has 0 unspecified atom stereocenters. The second-order valence-corrected chi connectivity index (χ2v) is 5.63. The molecule has 3 aromatic carbocycles. The number of aryl methyl sites for hydroxylation is 1. The lowest BCUT2D eigenvalue weighted by atomic mass is 10.0. The molecule has 23 heavy (non-hydrogen) atoms. The van der Waals surface area contributed by atoms with E-state index >= 15 is 0 Å². The van der Waals surface area contributed by atoms with E-state index in [9.17, 15) is 0 Å². The van der Waals surface area contributed by atoms with E-state index in [1.54, 1.807) is 0 Å². The summed E-state index contributed by atoms with van der Waals surface area (Å²) in [6.45, 7) is 2.66. The molecule has 0 saturated heterocycles. The molecule has 0 saturated carbocycles. The van der Waals surface area contributed by atoms with Crippen LogP contribution in [0.2, 0.25) is 0 Å². The summed E-state index contributed by atoms with van der Waals surface area (Å²) in [6, 6.07) is 23.0. The molecule has 0 aliphatic carbocycles. The van der Waals surface area contributed by atoms with Gasteiger partial charge in [-0.05, 0) is 35.4 Å². The molecule has 0 spiro atoms. The Balaban J connectivity index is 1.71. The Labute approximate surface area is 135 Å². The van der Waals surface area contributed by atoms with Crippen LogP contribution in [0.3, 0.4) is 0 Å². The van der Waals surface area contributed by atoms with E-state index < -0.39 is 0 Å². The van der Waals surface area contributed by atoms with Gasteiger partial charge in [0.05, 0.1) is 5.52 Å². The van der Waals surface area contributed by atoms with Crippen molar-refractivity contribution in [3.8, 4) is 0 Å². The highest BCUT2D eigenvalue weighted by Crippen LogP contribution is 2.23. The summed E-state index contributed by atoms with van der Waals surface area (Å²) in [5.41, 5.74) is 2.24. The summed E-state index contributed by atoms with van der Waals surface area (Å²) in [5.74, 6) is 1.67. The number of anilines is 1. The van der Waals surface area contributed by atoms with E-state index in [2.05, 4.69) is 63.8 Å². The summed E-state index contributed by atoms with van der Waals surface area (Å²) in [6.07, 6.45) is 0. The Morgan fingerprint density at radius 1 is 0.783 bits per heavy atom. The van der Waals surface area contributed by atoms with Crippen molar-refractivity contribution >= 4 is 27.5 Å². The molecule has 4 aromatic rings. The zero-order chi connectivity index (χ0) is 15.6. The number of hydrogen-bond donors (Lipinski definition) is 1. The first-order valence-corrected chi connectivity index (χ1v) is 7.75. The van der Waals surface area contributed by atoms with Gasteiger partial charge in [-0.3, -0.25) is 0 Å². The van der Waals surface area contributed by atoms with Crippen molar-refractivity contribution in [3.05, 3.63) is 78.1 Å². The minimum atomic E-state index is 0.738. The Bertz CT molecular complexity index is 987. The molecule has 3 heteroatoms. The number of nitrogens with zero attached hydrogens (tertiary/aromatic N) is 2. The maximum absolute atomic E-state index is 4.57. The van der Waals surface area contributed by atoms with Crippen LogP contribution in [0.5, 0.6) is 0 Å². The minimum Gasteiger partial charge on any atom is -0.365 e. The van der Waals surface area contributed by atoms with Crippen LogP contribution in [0.15, 0.2) is 66.7 Å². The highest BCUT2D eigenvalue weighted by molar-refractivity contribution is 5.89. The first kappa shape index (κ1) is 13.7. The highest BCUT2D eigenvalue weighted by Gasteiger charge is 2.06. The van der Waals surface area contributed by atoms with Gasteiger partial charge in [0.1, 0.15) is 11.6 Å². The second kappa shape index (κ2) is 5.69. The first-order chi connectivity index (χ1) is 11.3. The smallest absolute Gasteiger partial charge is 0.137 e. The number of hydrogen-bond acceptors (Lipinski definition) is 3. The van der Waals surface area contributed by atoms with E-state index in [0.29, 0.717) is 0 Å². The van der Waals surface area contributed by atoms with E-state index in [-0.39, 0.29) is 0 Å². The second-order valence-electron chi connectivity index (χ2n) is 5.63. The Morgan fingerprint density at radius 2 is 1.52 bits per heavy atom. The van der Waals surface area contributed by atoms with Crippen molar-refractivity contribution in [2.75, 3.05) is 5.32 Å². The van der Waals surface area contributed by atoms with Crippen LogP contribution < -0.4 is 5.32 Å².